The van der Waals surface area contributed by atoms with Crippen molar-refractivity contribution >= 4 is 17.7 Å². The third-order valence-electron chi connectivity index (χ3n) is 2.76. The average molecular weight is 292 g/mol. The fourth-order valence-electron chi connectivity index (χ4n) is 1.71. The normalized spacial score (nSPS) is 10.6. The zero-order valence-electron chi connectivity index (χ0n) is 10.9. The van der Waals surface area contributed by atoms with E-state index in [-0.39, 0.29) is 6.42 Å². The number of nitrogen functional groups attached to an aromatic ring is 1. The predicted octanol–water partition coefficient (Wildman–Crippen LogP) is 1.34. The predicted molar refractivity (Wildman–Crippen MR) is 77.0 cm³/mol. The van der Waals surface area contributed by atoms with E-state index in [1.165, 1.54) is 22.0 Å². The van der Waals surface area contributed by atoms with Gasteiger partial charge >= 0.3 is 5.97 Å². The summed E-state index contributed by atoms with van der Waals surface area (Å²) in [7, 11) is 0. The maximum absolute atomic E-state index is 10.5. The molecule has 0 atom stereocenters. The lowest BCUT2D eigenvalue weighted by Crippen LogP contribution is -2.15. The van der Waals surface area contributed by atoms with Crippen molar-refractivity contribution in [3.63, 3.8) is 0 Å². The SMILES string of the molecule is Nn1c(CCc2ccccc2)nnc1SCCC(=O)O. The van der Waals surface area contributed by atoms with Crippen molar-refractivity contribution in [1.29, 1.82) is 0 Å². The van der Waals surface area contributed by atoms with Gasteiger partial charge in [-0.25, -0.2) is 4.68 Å². The highest BCUT2D eigenvalue weighted by atomic mass is 32.2. The molecule has 1 aromatic carbocycles. The zero-order valence-corrected chi connectivity index (χ0v) is 11.7. The van der Waals surface area contributed by atoms with Crippen LogP contribution in [0.1, 0.15) is 17.8 Å². The van der Waals surface area contributed by atoms with Gasteiger partial charge in [-0.2, -0.15) is 0 Å². The van der Waals surface area contributed by atoms with E-state index in [1.54, 1.807) is 0 Å². The van der Waals surface area contributed by atoms with Crippen LogP contribution in [-0.2, 0) is 17.6 Å². The number of aliphatic carboxylic acids is 1. The number of carbonyl (C=O) groups is 1. The van der Waals surface area contributed by atoms with Gasteiger partial charge in [-0.15, -0.1) is 10.2 Å². The smallest absolute Gasteiger partial charge is 0.304 e. The quantitative estimate of drug-likeness (QED) is 0.591. The number of hydrogen-bond donors (Lipinski definition) is 2. The summed E-state index contributed by atoms with van der Waals surface area (Å²) in [4.78, 5) is 10.5. The van der Waals surface area contributed by atoms with Crippen LogP contribution in [0, 0.1) is 0 Å². The molecule has 0 aliphatic rings. The van der Waals surface area contributed by atoms with Crippen molar-refractivity contribution in [3.8, 4) is 0 Å². The molecule has 106 valence electrons. The van der Waals surface area contributed by atoms with Gasteiger partial charge in [0.1, 0.15) is 0 Å². The average Bonchev–Trinajstić information content (AvgIpc) is 2.79. The molecule has 0 aliphatic carbocycles. The lowest BCUT2D eigenvalue weighted by Gasteiger charge is -2.03. The van der Waals surface area contributed by atoms with Gasteiger partial charge in [0.05, 0.1) is 6.42 Å². The Hall–Kier alpha value is -2.02. The maximum Gasteiger partial charge on any atom is 0.304 e. The second kappa shape index (κ2) is 6.95. The van der Waals surface area contributed by atoms with E-state index in [9.17, 15) is 4.79 Å². The Kier molecular flexibility index (Phi) is 5.00. The molecule has 2 rings (SSSR count). The van der Waals surface area contributed by atoms with Crippen molar-refractivity contribution in [2.75, 3.05) is 11.6 Å². The first-order valence-corrected chi connectivity index (χ1v) is 7.23. The van der Waals surface area contributed by atoms with Crippen LogP contribution in [0.5, 0.6) is 0 Å². The van der Waals surface area contributed by atoms with Gasteiger partial charge in [0.25, 0.3) is 0 Å². The molecule has 6 nitrogen and oxygen atoms in total. The largest absolute Gasteiger partial charge is 0.481 e. The molecule has 0 amide bonds. The Bertz CT molecular complexity index is 571. The fourth-order valence-corrected chi connectivity index (χ4v) is 2.51. The molecule has 0 unspecified atom stereocenters. The minimum absolute atomic E-state index is 0.0802. The summed E-state index contributed by atoms with van der Waals surface area (Å²) in [5, 5.41) is 17.2. The van der Waals surface area contributed by atoms with Crippen molar-refractivity contribution in [3.05, 3.63) is 41.7 Å². The molecule has 3 N–H and O–H groups in total. The molecular formula is C13H16N4O2S. The second-order valence-corrected chi connectivity index (χ2v) is 5.31. The first kappa shape index (κ1) is 14.4. The zero-order chi connectivity index (χ0) is 14.4. The lowest BCUT2D eigenvalue weighted by atomic mass is 10.1. The first-order chi connectivity index (χ1) is 9.66. The highest BCUT2D eigenvalue weighted by molar-refractivity contribution is 7.99. The number of thioether (sulfide) groups is 1. The van der Waals surface area contributed by atoms with E-state index >= 15 is 0 Å². The number of nitrogens with two attached hydrogens (primary N) is 1. The van der Waals surface area contributed by atoms with E-state index in [0.29, 0.717) is 23.2 Å². The van der Waals surface area contributed by atoms with Crippen LogP contribution < -0.4 is 5.84 Å². The lowest BCUT2D eigenvalue weighted by molar-refractivity contribution is -0.136. The summed E-state index contributed by atoms with van der Waals surface area (Å²) in [5.74, 6) is 6.21. The summed E-state index contributed by atoms with van der Waals surface area (Å²) in [5.41, 5.74) is 1.22. The fraction of sp³-hybridized carbons (Fsp3) is 0.308. The molecule has 1 aromatic heterocycles. The van der Waals surface area contributed by atoms with Crippen molar-refractivity contribution in [2.24, 2.45) is 0 Å². The van der Waals surface area contributed by atoms with Crippen LogP contribution >= 0.6 is 11.8 Å². The van der Waals surface area contributed by atoms with Crippen LogP contribution in [0.4, 0.5) is 0 Å². The van der Waals surface area contributed by atoms with Gasteiger partial charge in [-0.3, -0.25) is 4.79 Å². The Morgan fingerprint density at radius 2 is 2.00 bits per heavy atom. The molecule has 0 fully saturated rings. The number of aryl methyl sites for hydroxylation is 2. The standard InChI is InChI=1S/C13H16N4O2S/c14-17-11(7-6-10-4-2-1-3-5-10)15-16-13(17)20-9-8-12(18)19/h1-5H,6-9,14H2,(H,18,19). The van der Waals surface area contributed by atoms with Crippen molar-refractivity contribution < 1.29 is 9.90 Å². The molecule has 0 spiro atoms. The summed E-state index contributed by atoms with van der Waals surface area (Å²) < 4.78 is 1.44. The van der Waals surface area contributed by atoms with Crippen LogP contribution in [0.15, 0.2) is 35.5 Å². The molecule has 0 radical (unpaired) electrons. The number of hydrogen-bond acceptors (Lipinski definition) is 5. The summed E-state index contributed by atoms with van der Waals surface area (Å²) in [6.07, 6.45) is 1.62. The summed E-state index contributed by atoms with van der Waals surface area (Å²) in [6, 6.07) is 10.1. The van der Waals surface area contributed by atoms with E-state index in [0.717, 1.165) is 6.42 Å². The first-order valence-electron chi connectivity index (χ1n) is 6.24. The van der Waals surface area contributed by atoms with Crippen LogP contribution in [0.2, 0.25) is 0 Å². The Labute approximate surface area is 121 Å². The highest BCUT2D eigenvalue weighted by Crippen LogP contribution is 2.16. The van der Waals surface area contributed by atoms with Gasteiger partial charge in [-0.1, -0.05) is 42.1 Å². The Morgan fingerprint density at radius 1 is 1.25 bits per heavy atom. The molecule has 0 bridgehead atoms. The Balaban J connectivity index is 1.90. The molecule has 2 aromatic rings. The van der Waals surface area contributed by atoms with E-state index < -0.39 is 5.97 Å². The van der Waals surface area contributed by atoms with Crippen LogP contribution in [0.25, 0.3) is 0 Å². The summed E-state index contributed by atoms with van der Waals surface area (Å²) in [6.45, 7) is 0. The molecule has 0 saturated heterocycles. The van der Waals surface area contributed by atoms with Crippen molar-refractivity contribution in [2.45, 2.75) is 24.4 Å². The number of nitrogens with zero attached hydrogens (tertiary/aromatic N) is 3. The Morgan fingerprint density at radius 3 is 2.70 bits per heavy atom. The summed E-state index contributed by atoms with van der Waals surface area (Å²) >= 11 is 1.30. The van der Waals surface area contributed by atoms with Crippen LogP contribution in [-0.4, -0.2) is 31.7 Å². The van der Waals surface area contributed by atoms with Gasteiger partial charge in [-0.05, 0) is 12.0 Å². The van der Waals surface area contributed by atoms with E-state index in [4.69, 9.17) is 10.9 Å². The molecular weight excluding hydrogens is 276 g/mol. The number of aromatic nitrogens is 3. The molecule has 7 heteroatoms. The number of benzene rings is 1. The molecule has 0 saturated carbocycles. The number of carboxylic acid groups (broad SMARTS) is 1. The minimum atomic E-state index is -0.829. The van der Waals surface area contributed by atoms with E-state index in [2.05, 4.69) is 22.3 Å². The van der Waals surface area contributed by atoms with Gasteiger partial charge < -0.3 is 10.9 Å². The second-order valence-electron chi connectivity index (χ2n) is 4.25. The molecule has 0 aliphatic heterocycles. The minimum Gasteiger partial charge on any atom is -0.481 e. The number of carboxylic acids is 1. The topological polar surface area (TPSA) is 94.0 Å². The van der Waals surface area contributed by atoms with Gasteiger partial charge in [0.2, 0.25) is 5.16 Å². The van der Waals surface area contributed by atoms with E-state index in [1.807, 2.05) is 18.2 Å². The highest BCUT2D eigenvalue weighted by Gasteiger charge is 2.10. The van der Waals surface area contributed by atoms with Crippen molar-refractivity contribution in [1.82, 2.24) is 14.9 Å². The number of rotatable bonds is 7. The molecule has 1 heterocycles. The maximum atomic E-state index is 10.5. The van der Waals surface area contributed by atoms with Crippen LogP contribution in [0.3, 0.4) is 0 Å². The third kappa shape index (κ3) is 3.99. The monoisotopic (exact) mass is 292 g/mol. The molecule has 20 heavy (non-hydrogen) atoms. The van der Waals surface area contributed by atoms with Gasteiger partial charge in [0, 0.05) is 12.2 Å². The van der Waals surface area contributed by atoms with Gasteiger partial charge in [0.15, 0.2) is 5.82 Å². The third-order valence-corrected chi connectivity index (χ3v) is 3.71.